The Morgan fingerprint density at radius 2 is 2.29 bits per heavy atom. The van der Waals surface area contributed by atoms with Gasteiger partial charge in [-0.2, -0.15) is 5.10 Å². The van der Waals surface area contributed by atoms with Crippen LogP contribution < -0.4 is 11.1 Å². The minimum absolute atomic E-state index is 0.103. The molecule has 5 heteroatoms. The molecule has 94 valence electrons. The number of nitrogens with one attached hydrogen (secondary N) is 1. The summed E-state index contributed by atoms with van der Waals surface area (Å²) < 4.78 is 1.64. The van der Waals surface area contributed by atoms with Crippen molar-refractivity contribution in [1.82, 2.24) is 15.1 Å². The van der Waals surface area contributed by atoms with E-state index in [1.54, 1.807) is 4.68 Å². The highest BCUT2D eigenvalue weighted by Crippen LogP contribution is 2.23. The molecule has 1 fully saturated rings. The van der Waals surface area contributed by atoms with Crippen molar-refractivity contribution in [1.29, 1.82) is 0 Å². The minimum Gasteiger partial charge on any atom is -0.396 e. The van der Waals surface area contributed by atoms with Gasteiger partial charge in [0.2, 0.25) is 0 Å². The summed E-state index contributed by atoms with van der Waals surface area (Å²) in [5.74, 6) is 0.534. The van der Waals surface area contributed by atoms with Gasteiger partial charge in [-0.15, -0.1) is 0 Å². The molecule has 1 amide bonds. The van der Waals surface area contributed by atoms with Crippen LogP contribution >= 0.6 is 0 Å². The van der Waals surface area contributed by atoms with Gasteiger partial charge in [0.05, 0.1) is 11.9 Å². The standard InChI is InChI=1S/C12H20N4O/c1-2-16-11(10(13)8-15-16)12(17)14-7-9-5-3-4-6-9/h8-9H,2-7,13H2,1H3,(H,14,17). The van der Waals surface area contributed by atoms with Gasteiger partial charge in [0.25, 0.3) is 5.91 Å². The number of anilines is 1. The molecular formula is C12H20N4O. The zero-order valence-electron chi connectivity index (χ0n) is 10.3. The number of aromatic nitrogens is 2. The number of aryl methyl sites for hydroxylation is 1. The van der Waals surface area contributed by atoms with Crippen molar-refractivity contribution >= 4 is 11.6 Å². The fourth-order valence-electron chi connectivity index (χ4n) is 2.42. The molecule has 0 bridgehead atoms. The third-order valence-corrected chi connectivity index (χ3v) is 3.41. The van der Waals surface area contributed by atoms with Crippen LogP contribution in [0.3, 0.4) is 0 Å². The van der Waals surface area contributed by atoms with E-state index in [2.05, 4.69) is 10.4 Å². The molecule has 0 aromatic carbocycles. The van der Waals surface area contributed by atoms with Crippen LogP contribution in [0.25, 0.3) is 0 Å². The van der Waals surface area contributed by atoms with Gasteiger partial charge < -0.3 is 11.1 Å². The molecule has 2 rings (SSSR count). The van der Waals surface area contributed by atoms with E-state index in [9.17, 15) is 4.79 Å². The molecule has 0 unspecified atom stereocenters. The molecule has 0 atom stereocenters. The van der Waals surface area contributed by atoms with Gasteiger partial charge >= 0.3 is 0 Å². The lowest BCUT2D eigenvalue weighted by atomic mass is 10.1. The predicted molar refractivity (Wildman–Crippen MR) is 66.6 cm³/mol. The number of nitrogens with zero attached hydrogens (tertiary/aromatic N) is 2. The largest absolute Gasteiger partial charge is 0.396 e. The number of amides is 1. The Bertz CT molecular complexity index is 393. The van der Waals surface area contributed by atoms with E-state index in [-0.39, 0.29) is 5.91 Å². The van der Waals surface area contributed by atoms with Crippen molar-refractivity contribution in [2.75, 3.05) is 12.3 Å². The van der Waals surface area contributed by atoms with Gasteiger partial charge in [-0.3, -0.25) is 9.48 Å². The van der Waals surface area contributed by atoms with E-state index >= 15 is 0 Å². The second-order valence-corrected chi connectivity index (χ2v) is 4.62. The number of nitrogens with two attached hydrogens (primary N) is 1. The van der Waals surface area contributed by atoms with Crippen LogP contribution in [0, 0.1) is 5.92 Å². The Balaban J connectivity index is 1.96. The summed E-state index contributed by atoms with van der Waals surface area (Å²) in [5, 5.41) is 7.03. The topological polar surface area (TPSA) is 72.9 Å². The smallest absolute Gasteiger partial charge is 0.271 e. The molecule has 5 nitrogen and oxygen atoms in total. The average molecular weight is 236 g/mol. The van der Waals surface area contributed by atoms with Gasteiger partial charge in [-0.1, -0.05) is 12.8 Å². The molecule has 1 aromatic heterocycles. The summed E-state index contributed by atoms with van der Waals surface area (Å²) in [6.45, 7) is 3.36. The molecule has 0 radical (unpaired) electrons. The van der Waals surface area contributed by atoms with Gasteiger partial charge in [-0.05, 0) is 25.7 Å². The maximum Gasteiger partial charge on any atom is 0.271 e. The Kier molecular flexibility index (Phi) is 3.66. The first-order chi connectivity index (χ1) is 8.22. The molecule has 0 aliphatic heterocycles. The maximum absolute atomic E-state index is 12.0. The normalized spacial score (nSPS) is 16.3. The van der Waals surface area contributed by atoms with Crippen LogP contribution in [0.15, 0.2) is 6.20 Å². The second kappa shape index (κ2) is 5.21. The molecule has 1 aliphatic rings. The summed E-state index contributed by atoms with van der Waals surface area (Å²) in [4.78, 5) is 12.0. The first-order valence-corrected chi connectivity index (χ1v) is 6.31. The lowest BCUT2D eigenvalue weighted by Gasteiger charge is -2.11. The highest BCUT2D eigenvalue weighted by atomic mass is 16.2. The molecule has 1 saturated carbocycles. The number of hydrogen-bond acceptors (Lipinski definition) is 3. The monoisotopic (exact) mass is 236 g/mol. The number of nitrogen functional groups attached to an aromatic ring is 1. The summed E-state index contributed by atoms with van der Waals surface area (Å²) in [7, 11) is 0. The van der Waals surface area contributed by atoms with E-state index in [0.717, 1.165) is 6.54 Å². The predicted octanol–water partition coefficient (Wildman–Crippen LogP) is 1.41. The van der Waals surface area contributed by atoms with E-state index in [1.807, 2.05) is 6.92 Å². The Labute approximate surface area is 101 Å². The highest BCUT2D eigenvalue weighted by molar-refractivity contribution is 5.97. The van der Waals surface area contributed by atoms with Crippen LogP contribution in [0.4, 0.5) is 5.69 Å². The number of rotatable bonds is 4. The van der Waals surface area contributed by atoms with E-state index in [0.29, 0.717) is 23.8 Å². The van der Waals surface area contributed by atoms with E-state index in [4.69, 9.17) is 5.73 Å². The Morgan fingerprint density at radius 1 is 1.59 bits per heavy atom. The van der Waals surface area contributed by atoms with Crippen LogP contribution in [-0.2, 0) is 6.54 Å². The van der Waals surface area contributed by atoms with Crippen molar-refractivity contribution in [3.63, 3.8) is 0 Å². The fraction of sp³-hybridized carbons (Fsp3) is 0.667. The molecule has 0 saturated heterocycles. The Morgan fingerprint density at radius 3 is 2.94 bits per heavy atom. The molecule has 1 aromatic rings. The van der Waals surface area contributed by atoms with Crippen molar-refractivity contribution in [3.05, 3.63) is 11.9 Å². The zero-order valence-corrected chi connectivity index (χ0v) is 10.3. The Hall–Kier alpha value is -1.52. The number of carbonyl (C=O) groups excluding carboxylic acids is 1. The molecule has 1 heterocycles. The average Bonchev–Trinajstić information content (AvgIpc) is 2.94. The summed E-state index contributed by atoms with van der Waals surface area (Å²) in [6.07, 6.45) is 6.56. The SMILES string of the molecule is CCn1ncc(N)c1C(=O)NCC1CCCC1. The molecule has 17 heavy (non-hydrogen) atoms. The van der Waals surface area contributed by atoms with Crippen molar-refractivity contribution in [2.45, 2.75) is 39.2 Å². The number of hydrogen-bond donors (Lipinski definition) is 2. The van der Waals surface area contributed by atoms with Crippen molar-refractivity contribution in [3.8, 4) is 0 Å². The third-order valence-electron chi connectivity index (χ3n) is 3.41. The quantitative estimate of drug-likeness (QED) is 0.830. The summed E-state index contributed by atoms with van der Waals surface area (Å²) in [5.41, 5.74) is 6.70. The highest BCUT2D eigenvalue weighted by Gasteiger charge is 2.19. The van der Waals surface area contributed by atoms with Gasteiger partial charge in [0.15, 0.2) is 0 Å². The van der Waals surface area contributed by atoms with E-state index in [1.165, 1.54) is 31.9 Å². The van der Waals surface area contributed by atoms with Crippen LogP contribution in [0.2, 0.25) is 0 Å². The summed E-state index contributed by atoms with van der Waals surface area (Å²) in [6, 6.07) is 0. The zero-order chi connectivity index (χ0) is 12.3. The third kappa shape index (κ3) is 2.60. The van der Waals surface area contributed by atoms with Crippen molar-refractivity contribution in [2.24, 2.45) is 5.92 Å². The van der Waals surface area contributed by atoms with Gasteiger partial charge in [0, 0.05) is 13.1 Å². The van der Waals surface area contributed by atoms with E-state index < -0.39 is 0 Å². The minimum atomic E-state index is -0.103. The van der Waals surface area contributed by atoms with Crippen LogP contribution in [0.1, 0.15) is 43.1 Å². The van der Waals surface area contributed by atoms with Crippen LogP contribution in [-0.4, -0.2) is 22.2 Å². The van der Waals surface area contributed by atoms with Crippen molar-refractivity contribution < 1.29 is 4.79 Å². The van der Waals surface area contributed by atoms with Gasteiger partial charge in [0.1, 0.15) is 5.69 Å². The molecular weight excluding hydrogens is 216 g/mol. The second-order valence-electron chi connectivity index (χ2n) is 4.62. The van der Waals surface area contributed by atoms with Crippen LogP contribution in [0.5, 0.6) is 0 Å². The fourth-order valence-corrected chi connectivity index (χ4v) is 2.42. The molecule has 0 spiro atoms. The number of carbonyl (C=O) groups is 1. The first-order valence-electron chi connectivity index (χ1n) is 6.31. The lowest BCUT2D eigenvalue weighted by Crippen LogP contribution is -2.30. The lowest BCUT2D eigenvalue weighted by molar-refractivity contribution is 0.0937. The molecule has 1 aliphatic carbocycles. The summed E-state index contributed by atoms with van der Waals surface area (Å²) >= 11 is 0. The molecule has 3 N–H and O–H groups in total. The first kappa shape index (κ1) is 12.0. The van der Waals surface area contributed by atoms with Gasteiger partial charge in [-0.25, -0.2) is 0 Å². The maximum atomic E-state index is 12.0.